The number of β-amino-alcohol motifs (C(OH)–C–C–N with tert-alkyl or cyclic N) is 1. The summed E-state index contributed by atoms with van der Waals surface area (Å²) >= 11 is 0. The van der Waals surface area contributed by atoms with Crippen LogP contribution < -0.4 is 10.1 Å². The molecule has 1 atom stereocenters. The third-order valence-corrected chi connectivity index (χ3v) is 3.24. The zero-order valence-corrected chi connectivity index (χ0v) is 11.8. The van der Waals surface area contributed by atoms with Gasteiger partial charge in [-0.2, -0.15) is 5.26 Å². The first kappa shape index (κ1) is 15.3. The van der Waals surface area contributed by atoms with E-state index in [-0.39, 0.29) is 12.5 Å². The van der Waals surface area contributed by atoms with Crippen molar-refractivity contribution in [2.45, 2.75) is 12.5 Å². The van der Waals surface area contributed by atoms with E-state index in [0.29, 0.717) is 30.9 Å². The highest BCUT2D eigenvalue weighted by Gasteiger charge is 2.17. The Bertz CT molecular complexity index is 510. The number of hydrogen-bond acceptors (Lipinski definition) is 5. The van der Waals surface area contributed by atoms with Crippen molar-refractivity contribution in [1.29, 1.82) is 5.26 Å². The van der Waals surface area contributed by atoms with Crippen molar-refractivity contribution in [3.05, 3.63) is 29.8 Å². The lowest BCUT2D eigenvalue weighted by Crippen LogP contribution is -2.39. The molecule has 1 saturated heterocycles. The van der Waals surface area contributed by atoms with Crippen LogP contribution in [-0.2, 0) is 4.79 Å². The Morgan fingerprint density at radius 3 is 2.90 bits per heavy atom. The molecule has 0 saturated carbocycles. The summed E-state index contributed by atoms with van der Waals surface area (Å²) in [6, 6.07) is 8.77. The molecule has 2 N–H and O–H groups in total. The molecule has 0 bridgehead atoms. The maximum atomic E-state index is 11.4. The SMILES string of the molecule is N#Cc1ccc(OCC(O)CN2CCCNC(=O)C2)cc1. The number of ether oxygens (including phenoxy) is 1. The minimum atomic E-state index is -0.661. The Labute approximate surface area is 123 Å². The van der Waals surface area contributed by atoms with E-state index in [1.54, 1.807) is 24.3 Å². The molecule has 0 radical (unpaired) electrons. The molecule has 1 aliphatic heterocycles. The summed E-state index contributed by atoms with van der Waals surface area (Å²) in [6.45, 7) is 2.35. The van der Waals surface area contributed by atoms with Gasteiger partial charge in [-0.25, -0.2) is 0 Å². The summed E-state index contributed by atoms with van der Waals surface area (Å²) in [5.74, 6) is 0.606. The van der Waals surface area contributed by atoms with Crippen molar-refractivity contribution in [3.8, 4) is 11.8 Å². The molecular formula is C15H19N3O3. The van der Waals surface area contributed by atoms with E-state index in [2.05, 4.69) is 5.32 Å². The van der Waals surface area contributed by atoms with E-state index in [4.69, 9.17) is 10.00 Å². The van der Waals surface area contributed by atoms with Gasteiger partial charge in [0.25, 0.3) is 0 Å². The molecule has 0 aliphatic carbocycles. The van der Waals surface area contributed by atoms with Crippen LogP contribution in [0.25, 0.3) is 0 Å². The van der Waals surface area contributed by atoms with Crippen LogP contribution >= 0.6 is 0 Å². The van der Waals surface area contributed by atoms with Crippen LogP contribution in [0, 0.1) is 11.3 Å². The first-order valence-corrected chi connectivity index (χ1v) is 6.97. The molecule has 1 aliphatic rings. The van der Waals surface area contributed by atoms with Crippen LogP contribution in [0.3, 0.4) is 0 Å². The minimum absolute atomic E-state index is 0.00675. The van der Waals surface area contributed by atoms with Gasteiger partial charge >= 0.3 is 0 Å². The molecule has 112 valence electrons. The molecule has 6 nitrogen and oxygen atoms in total. The van der Waals surface area contributed by atoms with Gasteiger partial charge in [0.1, 0.15) is 18.5 Å². The number of carbonyl (C=O) groups excluding carboxylic acids is 1. The van der Waals surface area contributed by atoms with Crippen molar-refractivity contribution in [2.75, 3.05) is 32.8 Å². The maximum absolute atomic E-state index is 11.4. The summed E-state index contributed by atoms with van der Waals surface area (Å²) in [4.78, 5) is 13.3. The third-order valence-electron chi connectivity index (χ3n) is 3.24. The number of rotatable bonds is 5. The van der Waals surface area contributed by atoms with Crippen molar-refractivity contribution < 1.29 is 14.6 Å². The van der Waals surface area contributed by atoms with Crippen molar-refractivity contribution >= 4 is 5.91 Å². The monoisotopic (exact) mass is 289 g/mol. The van der Waals surface area contributed by atoms with Crippen molar-refractivity contribution in [1.82, 2.24) is 10.2 Å². The Hall–Kier alpha value is -2.10. The van der Waals surface area contributed by atoms with Crippen molar-refractivity contribution in [2.24, 2.45) is 0 Å². The Balaban J connectivity index is 1.77. The molecule has 6 heteroatoms. The fraction of sp³-hybridized carbons (Fsp3) is 0.467. The molecule has 1 aromatic rings. The van der Waals surface area contributed by atoms with Crippen LogP contribution in [-0.4, -0.2) is 54.8 Å². The maximum Gasteiger partial charge on any atom is 0.234 e. The largest absolute Gasteiger partial charge is 0.491 e. The van der Waals surface area contributed by atoms with Gasteiger partial charge in [-0.05, 0) is 30.7 Å². The molecule has 0 aromatic heterocycles. The fourth-order valence-electron chi connectivity index (χ4n) is 2.19. The van der Waals surface area contributed by atoms with Crippen LogP contribution in [0.2, 0.25) is 0 Å². The predicted molar refractivity (Wildman–Crippen MR) is 76.7 cm³/mol. The third kappa shape index (κ3) is 5.06. The molecule has 1 fully saturated rings. The topological polar surface area (TPSA) is 85.6 Å². The number of carbonyl (C=O) groups is 1. The lowest BCUT2D eigenvalue weighted by Gasteiger charge is -2.22. The highest BCUT2D eigenvalue weighted by Crippen LogP contribution is 2.12. The Morgan fingerprint density at radius 1 is 1.43 bits per heavy atom. The highest BCUT2D eigenvalue weighted by atomic mass is 16.5. The van der Waals surface area contributed by atoms with Crippen LogP contribution in [0.4, 0.5) is 0 Å². The van der Waals surface area contributed by atoms with Gasteiger partial charge < -0.3 is 15.2 Å². The summed E-state index contributed by atoms with van der Waals surface area (Å²) in [5, 5.41) is 21.5. The molecule has 0 spiro atoms. The lowest BCUT2D eigenvalue weighted by atomic mass is 10.2. The van der Waals surface area contributed by atoms with E-state index in [1.807, 2.05) is 11.0 Å². The zero-order chi connectivity index (χ0) is 15.1. The van der Waals surface area contributed by atoms with Crippen LogP contribution in [0.15, 0.2) is 24.3 Å². The van der Waals surface area contributed by atoms with Gasteiger partial charge in [-0.1, -0.05) is 0 Å². The van der Waals surface area contributed by atoms with Gasteiger partial charge in [-0.15, -0.1) is 0 Å². The second-order valence-electron chi connectivity index (χ2n) is 5.04. The zero-order valence-electron chi connectivity index (χ0n) is 11.8. The minimum Gasteiger partial charge on any atom is -0.491 e. The number of nitriles is 1. The van der Waals surface area contributed by atoms with Gasteiger partial charge in [0.05, 0.1) is 18.2 Å². The summed E-state index contributed by atoms with van der Waals surface area (Å²) < 4.78 is 5.48. The highest BCUT2D eigenvalue weighted by molar-refractivity contribution is 5.78. The number of nitrogens with zero attached hydrogens (tertiary/aromatic N) is 2. The molecule has 21 heavy (non-hydrogen) atoms. The second kappa shape index (κ2) is 7.62. The quantitative estimate of drug-likeness (QED) is 0.804. The normalized spacial score (nSPS) is 17.4. The van der Waals surface area contributed by atoms with Gasteiger partial charge in [0.2, 0.25) is 5.91 Å². The molecule has 1 heterocycles. The van der Waals surface area contributed by atoms with E-state index in [1.165, 1.54) is 0 Å². The molecular weight excluding hydrogens is 270 g/mol. The summed E-state index contributed by atoms with van der Waals surface area (Å²) in [6.07, 6.45) is 0.223. The average molecular weight is 289 g/mol. The van der Waals surface area contributed by atoms with Gasteiger partial charge in [0, 0.05) is 19.6 Å². The fourth-order valence-corrected chi connectivity index (χ4v) is 2.19. The van der Waals surface area contributed by atoms with Crippen LogP contribution in [0.1, 0.15) is 12.0 Å². The average Bonchev–Trinajstić information content (AvgIpc) is 2.69. The number of amides is 1. The Kier molecular flexibility index (Phi) is 5.55. The number of aliphatic hydroxyl groups excluding tert-OH is 1. The first-order valence-electron chi connectivity index (χ1n) is 6.97. The number of benzene rings is 1. The Morgan fingerprint density at radius 2 is 2.19 bits per heavy atom. The number of aliphatic hydroxyl groups is 1. The smallest absolute Gasteiger partial charge is 0.234 e. The van der Waals surface area contributed by atoms with Crippen LogP contribution in [0.5, 0.6) is 5.75 Å². The molecule has 1 unspecified atom stereocenters. The number of nitrogens with one attached hydrogen (secondary N) is 1. The van der Waals surface area contributed by atoms with Gasteiger partial charge in [0.15, 0.2) is 0 Å². The molecule has 1 aromatic carbocycles. The summed E-state index contributed by atoms with van der Waals surface area (Å²) in [5.41, 5.74) is 0.568. The standard InChI is InChI=1S/C15H19N3O3/c16-8-12-2-4-14(5-3-12)21-11-13(19)9-18-7-1-6-17-15(20)10-18/h2-5,13,19H,1,6-7,9-11H2,(H,17,20). The van der Waals surface area contributed by atoms with E-state index in [0.717, 1.165) is 13.0 Å². The van der Waals surface area contributed by atoms with E-state index < -0.39 is 6.10 Å². The second-order valence-corrected chi connectivity index (χ2v) is 5.04. The van der Waals surface area contributed by atoms with E-state index in [9.17, 15) is 9.90 Å². The first-order chi connectivity index (χ1) is 10.2. The summed E-state index contributed by atoms with van der Waals surface area (Å²) in [7, 11) is 0. The van der Waals surface area contributed by atoms with Gasteiger partial charge in [-0.3, -0.25) is 9.69 Å². The number of hydrogen-bond donors (Lipinski definition) is 2. The molecule has 1 amide bonds. The molecule has 2 rings (SSSR count). The lowest BCUT2D eigenvalue weighted by molar-refractivity contribution is -0.121. The van der Waals surface area contributed by atoms with Crippen molar-refractivity contribution in [3.63, 3.8) is 0 Å². The predicted octanol–water partition coefficient (Wildman–Crippen LogP) is 0.120. The van der Waals surface area contributed by atoms with E-state index >= 15 is 0 Å².